The van der Waals surface area contributed by atoms with Crippen LogP contribution in [0.3, 0.4) is 0 Å². The molecule has 0 aromatic heterocycles. The fourth-order valence-corrected chi connectivity index (χ4v) is 1.69. The van der Waals surface area contributed by atoms with Crippen LogP contribution in [0.5, 0.6) is 0 Å². The minimum atomic E-state index is -0.537. The topological polar surface area (TPSA) is 63.5 Å². The van der Waals surface area contributed by atoms with Crippen LogP contribution in [0.2, 0.25) is 0 Å². The molecule has 94 valence electrons. The SMILES string of the molecule is C=CCN(P)C(=O)c1cc([N+](=O)[O-])ccc1C=C. The molecule has 1 aromatic carbocycles. The van der Waals surface area contributed by atoms with Crippen LogP contribution in [0, 0.1) is 10.1 Å². The molecule has 1 amide bonds. The first-order chi connectivity index (χ1) is 8.51. The van der Waals surface area contributed by atoms with Gasteiger partial charge in [-0.05, 0) is 21.0 Å². The molecule has 1 rings (SSSR count). The Hall–Kier alpha value is -2.00. The third-order valence-corrected chi connectivity index (χ3v) is 2.73. The number of carbonyl (C=O) groups excluding carboxylic acids is 1. The monoisotopic (exact) mass is 264 g/mol. The third kappa shape index (κ3) is 3.02. The van der Waals surface area contributed by atoms with Crippen LogP contribution in [0.15, 0.2) is 37.4 Å². The lowest BCUT2D eigenvalue weighted by Gasteiger charge is -2.15. The molecule has 1 unspecified atom stereocenters. The second-order valence-electron chi connectivity index (χ2n) is 3.48. The molecule has 0 aliphatic carbocycles. The Labute approximate surface area is 107 Å². The van der Waals surface area contributed by atoms with E-state index in [2.05, 4.69) is 22.5 Å². The number of benzene rings is 1. The van der Waals surface area contributed by atoms with E-state index in [9.17, 15) is 14.9 Å². The van der Waals surface area contributed by atoms with Crippen molar-refractivity contribution in [3.05, 3.63) is 58.7 Å². The van der Waals surface area contributed by atoms with Gasteiger partial charge in [0, 0.05) is 18.7 Å². The minimum absolute atomic E-state index is 0.124. The number of non-ortho nitro benzene ring substituents is 1. The van der Waals surface area contributed by atoms with E-state index in [-0.39, 0.29) is 17.2 Å². The quantitative estimate of drug-likeness (QED) is 0.355. The van der Waals surface area contributed by atoms with Crippen molar-refractivity contribution in [3.63, 3.8) is 0 Å². The lowest BCUT2D eigenvalue weighted by atomic mass is 10.1. The molecule has 0 heterocycles. The second-order valence-corrected chi connectivity index (χ2v) is 4.10. The first-order valence-electron chi connectivity index (χ1n) is 5.09. The van der Waals surface area contributed by atoms with Crippen molar-refractivity contribution < 1.29 is 9.72 Å². The van der Waals surface area contributed by atoms with Gasteiger partial charge in [-0.25, -0.2) is 0 Å². The van der Waals surface area contributed by atoms with E-state index < -0.39 is 4.92 Å². The average Bonchev–Trinajstić information content (AvgIpc) is 2.37. The number of nitro groups is 1. The minimum Gasteiger partial charge on any atom is -0.320 e. The molecule has 0 fully saturated rings. The molecule has 0 radical (unpaired) electrons. The van der Waals surface area contributed by atoms with E-state index in [1.165, 1.54) is 28.9 Å². The average molecular weight is 264 g/mol. The van der Waals surface area contributed by atoms with Crippen molar-refractivity contribution in [3.8, 4) is 0 Å². The van der Waals surface area contributed by atoms with E-state index in [1.807, 2.05) is 0 Å². The molecule has 0 N–H and O–H groups in total. The molecule has 6 heteroatoms. The molecule has 18 heavy (non-hydrogen) atoms. The normalized spacial score (nSPS) is 9.61. The number of amides is 1. The Kier molecular flexibility index (Phi) is 4.75. The van der Waals surface area contributed by atoms with Crippen molar-refractivity contribution in [2.45, 2.75) is 0 Å². The van der Waals surface area contributed by atoms with Gasteiger partial charge in [-0.2, -0.15) is 0 Å². The second kappa shape index (κ2) is 6.07. The third-order valence-electron chi connectivity index (χ3n) is 2.28. The molecule has 0 saturated carbocycles. The summed E-state index contributed by atoms with van der Waals surface area (Å²) in [6.45, 7) is 7.45. The summed E-state index contributed by atoms with van der Waals surface area (Å²) in [6.07, 6.45) is 3.05. The van der Waals surface area contributed by atoms with Crippen LogP contribution in [0.4, 0.5) is 5.69 Å². The Morgan fingerprint density at radius 3 is 2.67 bits per heavy atom. The molecule has 0 saturated heterocycles. The van der Waals surface area contributed by atoms with Crippen molar-refractivity contribution >= 4 is 27.1 Å². The summed E-state index contributed by atoms with van der Waals surface area (Å²) in [4.78, 5) is 22.2. The van der Waals surface area contributed by atoms with Gasteiger partial charge in [-0.1, -0.05) is 18.7 Å². The van der Waals surface area contributed by atoms with Crippen LogP contribution in [-0.4, -0.2) is 22.0 Å². The largest absolute Gasteiger partial charge is 0.320 e. The summed E-state index contributed by atoms with van der Waals surface area (Å²) < 4.78 is 1.35. The number of nitrogens with zero attached hydrogens (tertiary/aromatic N) is 2. The highest BCUT2D eigenvalue weighted by molar-refractivity contribution is 7.14. The number of carbonyl (C=O) groups is 1. The Balaban J connectivity index is 3.23. The fourth-order valence-electron chi connectivity index (χ4n) is 1.40. The molecule has 0 aliphatic rings. The van der Waals surface area contributed by atoms with Crippen molar-refractivity contribution in [1.29, 1.82) is 0 Å². The summed E-state index contributed by atoms with van der Waals surface area (Å²) in [7, 11) is 2.26. The van der Waals surface area contributed by atoms with Crippen molar-refractivity contribution in [2.75, 3.05) is 6.54 Å². The van der Waals surface area contributed by atoms with E-state index in [0.717, 1.165) is 0 Å². The van der Waals surface area contributed by atoms with Crippen LogP contribution in [-0.2, 0) is 0 Å². The van der Waals surface area contributed by atoms with E-state index in [0.29, 0.717) is 12.1 Å². The van der Waals surface area contributed by atoms with Gasteiger partial charge in [-0.3, -0.25) is 14.9 Å². The predicted molar refractivity (Wildman–Crippen MR) is 74.1 cm³/mol. The van der Waals surface area contributed by atoms with Crippen LogP contribution < -0.4 is 0 Å². The van der Waals surface area contributed by atoms with Crippen LogP contribution in [0.25, 0.3) is 6.08 Å². The maximum absolute atomic E-state index is 12.1. The standard InChI is InChI=1S/C12H13N2O3P/c1-3-7-13(18)12(15)11-8-10(14(16)17)6-5-9(11)4-2/h3-6,8H,1-2,7,18H2. The maximum atomic E-state index is 12.1. The smallest absolute Gasteiger partial charge is 0.270 e. The summed E-state index contributed by atoms with van der Waals surface area (Å²) in [5, 5.41) is 10.7. The zero-order valence-electron chi connectivity index (χ0n) is 9.70. The zero-order valence-corrected chi connectivity index (χ0v) is 10.9. The number of nitro benzene ring substituents is 1. The maximum Gasteiger partial charge on any atom is 0.270 e. The van der Waals surface area contributed by atoms with Gasteiger partial charge < -0.3 is 4.67 Å². The highest BCUT2D eigenvalue weighted by Crippen LogP contribution is 2.21. The summed E-state index contributed by atoms with van der Waals surface area (Å²) in [5.74, 6) is -0.335. The summed E-state index contributed by atoms with van der Waals surface area (Å²) in [5.41, 5.74) is 0.680. The molecule has 1 aromatic rings. The number of rotatable bonds is 5. The highest BCUT2D eigenvalue weighted by Gasteiger charge is 2.17. The van der Waals surface area contributed by atoms with Gasteiger partial charge >= 0.3 is 0 Å². The number of hydrogen-bond acceptors (Lipinski definition) is 3. The van der Waals surface area contributed by atoms with E-state index in [4.69, 9.17) is 0 Å². The summed E-state index contributed by atoms with van der Waals surface area (Å²) >= 11 is 0. The molecule has 0 aliphatic heterocycles. The fraction of sp³-hybridized carbons (Fsp3) is 0.0833. The Morgan fingerprint density at radius 1 is 1.50 bits per heavy atom. The van der Waals surface area contributed by atoms with Crippen molar-refractivity contribution in [1.82, 2.24) is 4.67 Å². The first kappa shape index (κ1) is 14.1. The van der Waals surface area contributed by atoms with Gasteiger partial charge in [0.05, 0.1) is 10.5 Å². The van der Waals surface area contributed by atoms with Gasteiger partial charge in [0.2, 0.25) is 0 Å². The lowest BCUT2D eigenvalue weighted by molar-refractivity contribution is -0.384. The molecule has 5 nitrogen and oxygen atoms in total. The lowest BCUT2D eigenvalue weighted by Crippen LogP contribution is -2.21. The van der Waals surface area contributed by atoms with Gasteiger partial charge in [-0.15, -0.1) is 6.58 Å². The zero-order chi connectivity index (χ0) is 13.7. The Bertz CT molecular complexity index is 514. The summed E-state index contributed by atoms with van der Waals surface area (Å²) in [6, 6.07) is 4.10. The highest BCUT2D eigenvalue weighted by atomic mass is 31.0. The molecule has 1 atom stereocenters. The van der Waals surface area contributed by atoms with Crippen LogP contribution in [0.1, 0.15) is 15.9 Å². The van der Waals surface area contributed by atoms with Gasteiger partial charge in [0.25, 0.3) is 11.6 Å². The predicted octanol–water partition coefficient (Wildman–Crippen LogP) is 2.66. The molecular formula is C12H13N2O3P. The van der Waals surface area contributed by atoms with E-state index in [1.54, 1.807) is 6.08 Å². The number of hydrogen-bond donors (Lipinski definition) is 0. The Morgan fingerprint density at radius 2 is 2.17 bits per heavy atom. The molecule has 0 spiro atoms. The first-order valence-corrected chi connectivity index (χ1v) is 5.61. The molecular weight excluding hydrogens is 251 g/mol. The van der Waals surface area contributed by atoms with Gasteiger partial charge in [0.15, 0.2) is 0 Å². The molecule has 0 bridgehead atoms. The van der Waals surface area contributed by atoms with Crippen molar-refractivity contribution in [2.24, 2.45) is 0 Å². The van der Waals surface area contributed by atoms with Crippen LogP contribution >= 0.6 is 9.39 Å². The van der Waals surface area contributed by atoms with Gasteiger partial charge in [0.1, 0.15) is 0 Å². The van der Waals surface area contributed by atoms with E-state index >= 15 is 0 Å².